The van der Waals surface area contributed by atoms with Gasteiger partial charge in [0.1, 0.15) is 11.3 Å². The summed E-state index contributed by atoms with van der Waals surface area (Å²) in [5.74, 6) is -1.97. The lowest BCUT2D eigenvalue weighted by atomic mass is 10.0. The van der Waals surface area contributed by atoms with E-state index >= 15 is 0 Å². The summed E-state index contributed by atoms with van der Waals surface area (Å²) in [7, 11) is 0. The number of hydrogen-bond acceptors (Lipinski definition) is 4. The minimum atomic E-state index is -1.24. The number of carboxylic acids is 1. The molecule has 1 fully saturated rings. The summed E-state index contributed by atoms with van der Waals surface area (Å²) in [6.07, 6.45) is 1.60. The minimum absolute atomic E-state index is 0.193. The smallest absolute Gasteiger partial charge is 0.339 e. The Hall–Kier alpha value is -2.08. The zero-order chi connectivity index (χ0) is 13.8. The maximum absolute atomic E-state index is 11.9. The molecule has 0 radical (unpaired) electrons. The number of aromatic carboxylic acids is 1. The van der Waals surface area contributed by atoms with Crippen molar-refractivity contribution >= 4 is 17.6 Å². The molecule has 1 unspecified atom stereocenters. The Morgan fingerprint density at radius 2 is 2.16 bits per heavy atom. The molecular formula is C13H15NO5. The molecule has 0 bridgehead atoms. The number of aromatic hydroxyl groups is 1. The number of benzene rings is 1. The van der Waals surface area contributed by atoms with Crippen molar-refractivity contribution in [2.45, 2.75) is 12.8 Å². The van der Waals surface area contributed by atoms with Gasteiger partial charge in [0.25, 0.3) is 0 Å². The fourth-order valence-corrected chi connectivity index (χ4v) is 1.98. The largest absolute Gasteiger partial charge is 0.507 e. The normalized spacial score (nSPS) is 18.8. The van der Waals surface area contributed by atoms with Crippen molar-refractivity contribution in [2.75, 3.05) is 18.5 Å². The highest BCUT2D eigenvalue weighted by Gasteiger charge is 2.22. The summed E-state index contributed by atoms with van der Waals surface area (Å²) in [6, 6.07) is 3.94. The van der Waals surface area contributed by atoms with E-state index in [1.807, 2.05) is 0 Å². The first-order valence-electron chi connectivity index (χ1n) is 6.03. The van der Waals surface area contributed by atoms with E-state index in [9.17, 15) is 14.7 Å². The molecule has 0 spiro atoms. The Balaban J connectivity index is 2.08. The van der Waals surface area contributed by atoms with Crippen molar-refractivity contribution in [3.63, 3.8) is 0 Å². The molecule has 0 saturated carbocycles. The Bertz CT molecular complexity index is 494. The number of nitrogens with one attached hydrogen (secondary N) is 1. The highest BCUT2D eigenvalue weighted by atomic mass is 16.5. The zero-order valence-corrected chi connectivity index (χ0v) is 10.3. The van der Waals surface area contributed by atoms with Crippen molar-refractivity contribution in [1.82, 2.24) is 0 Å². The van der Waals surface area contributed by atoms with Gasteiger partial charge in [0.15, 0.2) is 0 Å². The summed E-state index contributed by atoms with van der Waals surface area (Å²) in [5.41, 5.74) is 0.114. The molecule has 0 aromatic heterocycles. The van der Waals surface area contributed by atoms with Crippen LogP contribution in [-0.4, -0.2) is 35.3 Å². The van der Waals surface area contributed by atoms with E-state index in [0.717, 1.165) is 12.8 Å². The van der Waals surface area contributed by atoms with Crippen molar-refractivity contribution in [2.24, 2.45) is 5.92 Å². The fourth-order valence-electron chi connectivity index (χ4n) is 1.98. The summed E-state index contributed by atoms with van der Waals surface area (Å²) >= 11 is 0. The van der Waals surface area contributed by atoms with E-state index in [4.69, 9.17) is 9.84 Å². The van der Waals surface area contributed by atoms with Gasteiger partial charge in [-0.05, 0) is 31.0 Å². The third kappa shape index (κ3) is 3.23. The highest BCUT2D eigenvalue weighted by molar-refractivity contribution is 5.96. The molecule has 1 aromatic rings. The van der Waals surface area contributed by atoms with E-state index in [1.54, 1.807) is 0 Å². The second-order valence-corrected chi connectivity index (χ2v) is 4.44. The van der Waals surface area contributed by atoms with Crippen LogP contribution in [0.3, 0.4) is 0 Å². The van der Waals surface area contributed by atoms with Gasteiger partial charge in [-0.3, -0.25) is 4.79 Å². The quantitative estimate of drug-likeness (QED) is 0.719. The first-order valence-corrected chi connectivity index (χ1v) is 6.03. The van der Waals surface area contributed by atoms with Crippen LogP contribution in [0, 0.1) is 5.92 Å². The molecule has 102 valence electrons. The van der Waals surface area contributed by atoms with Crippen molar-refractivity contribution in [1.29, 1.82) is 0 Å². The van der Waals surface area contributed by atoms with Gasteiger partial charge in [0.2, 0.25) is 5.91 Å². The van der Waals surface area contributed by atoms with Crippen molar-refractivity contribution in [3.8, 4) is 5.75 Å². The molecular weight excluding hydrogens is 250 g/mol. The lowest BCUT2D eigenvalue weighted by molar-refractivity contribution is -0.123. The second kappa shape index (κ2) is 5.71. The standard InChI is InChI=1S/C13H15NO5/c15-11-4-3-9(6-10(11)13(17)18)14-12(16)8-2-1-5-19-7-8/h3-4,6,8,15H,1-2,5,7H2,(H,14,16)(H,17,18). The average Bonchev–Trinajstić information content (AvgIpc) is 2.41. The molecule has 19 heavy (non-hydrogen) atoms. The summed E-state index contributed by atoms with van der Waals surface area (Å²) in [6.45, 7) is 1.06. The Morgan fingerprint density at radius 1 is 1.37 bits per heavy atom. The first kappa shape index (κ1) is 13.4. The topological polar surface area (TPSA) is 95.9 Å². The average molecular weight is 265 g/mol. The SMILES string of the molecule is O=C(O)c1cc(NC(=O)C2CCCOC2)ccc1O. The van der Waals surface area contributed by atoms with Crippen LogP contribution in [0.25, 0.3) is 0 Å². The third-order valence-corrected chi connectivity index (χ3v) is 3.03. The van der Waals surface area contributed by atoms with Crippen LogP contribution < -0.4 is 5.32 Å². The van der Waals surface area contributed by atoms with Gasteiger partial charge >= 0.3 is 5.97 Å². The molecule has 1 aromatic carbocycles. The Kier molecular flexibility index (Phi) is 4.01. The molecule has 1 amide bonds. The number of phenols is 1. The van der Waals surface area contributed by atoms with Crippen molar-refractivity contribution in [3.05, 3.63) is 23.8 Å². The lowest BCUT2D eigenvalue weighted by Crippen LogP contribution is -2.30. The van der Waals surface area contributed by atoms with Crippen LogP contribution in [0.5, 0.6) is 5.75 Å². The molecule has 0 aliphatic carbocycles. The summed E-state index contributed by atoms with van der Waals surface area (Å²) in [4.78, 5) is 22.8. The zero-order valence-electron chi connectivity index (χ0n) is 10.3. The monoisotopic (exact) mass is 265 g/mol. The van der Waals surface area contributed by atoms with Crippen LogP contribution in [0.4, 0.5) is 5.69 Å². The number of amides is 1. The molecule has 3 N–H and O–H groups in total. The van der Waals surface area contributed by atoms with Gasteiger partial charge < -0.3 is 20.3 Å². The van der Waals surface area contributed by atoms with Gasteiger partial charge in [0.05, 0.1) is 12.5 Å². The second-order valence-electron chi connectivity index (χ2n) is 4.44. The Morgan fingerprint density at radius 3 is 2.79 bits per heavy atom. The molecule has 6 heteroatoms. The van der Waals surface area contributed by atoms with E-state index in [1.165, 1.54) is 18.2 Å². The number of rotatable bonds is 3. The number of ether oxygens (including phenoxy) is 1. The fraction of sp³-hybridized carbons (Fsp3) is 0.385. The molecule has 6 nitrogen and oxygen atoms in total. The van der Waals surface area contributed by atoms with Crippen LogP contribution in [-0.2, 0) is 9.53 Å². The number of carbonyl (C=O) groups is 2. The number of hydrogen-bond donors (Lipinski definition) is 3. The molecule has 1 atom stereocenters. The predicted octanol–water partition coefficient (Wildman–Crippen LogP) is 1.46. The minimum Gasteiger partial charge on any atom is -0.507 e. The molecule has 1 heterocycles. The van der Waals surface area contributed by atoms with Gasteiger partial charge in [-0.25, -0.2) is 4.79 Å². The summed E-state index contributed by atoms with van der Waals surface area (Å²) in [5, 5.41) is 20.9. The number of carbonyl (C=O) groups excluding carboxylic acids is 1. The first-order chi connectivity index (χ1) is 9.08. The van der Waals surface area contributed by atoms with Gasteiger partial charge in [-0.2, -0.15) is 0 Å². The van der Waals surface area contributed by atoms with E-state index in [0.29, 0.717) is 18.9 Å². The van der Waals surface area contributed by atoms with E-state index < -0.39 is 5.97 Å². The molecule has 2 rings (SSSR count). The summed E-state index contributed by atoms with van der Waals surface area (Å²) < 4.78 is 5.23. The maximum Gasteiger partial charge on any atom is 0.339 e. The van der Waals surface area contributed by atoms with Crippen LogP contribution in [0.2, 0.25) is 0 Å². The van der Waals surface area contributed by atoms with E-state index in [2.05, 4.69) is 5.32 Å². The van der Waals surface area contributed by atoms with Crippen molar-refractivity contribution < 1.29 is 24.5 Å². The number of anilines is 1. The molecule has 1 saturated heterocycles. The van der Waals surface area contributed by atoms with Crippen LogP contribution in [0.15, 0.2) is 18.2 Å². The third-order valence-electron chi connectivity index (χ3n) is 3.03. The van der Waals surface area contributed by atoms with E-state index in [-0.39, 0.29) is 23.1 Å². The van der Waals surface area contributed by atoms with Gasteiger partial charge in [-0.1, -0.05) is 0 Å². The van der Waals surface area contributed by atoms with Gasteiger partial charge in [-0.15, -0.1) is 0 Å². The predicted molar refractivity (Wildman–Crippen MR) is 67.2 cm³/mol. The molecule has 1 aliphatic heterocycles. The van der Waals surface area contributed by atoms with Crippen LogP contribution in [0.1, 0.15) is 23.2 Å². The maximum atomic E-state index is 11.9. The molecule has 1 aliphatic rings. The van der Waals surface area contributed by atoms with Crippen LogP contribution >= 0.6 is 0 Å². The highest BCUT2D eigenvalue weighted by Crippen LogP contribution is 2.23. The number of carboxylic acid groups (broad SMARTS) is 1. The Labute approximate surface area is 110 Å². The van der Waals surface area contributed by atoms with Gasteiger partial charge in [0, 0.05) is 12.3 Å². The lowest BCUT2D eigenvalue weighted by Gasteiger charge is -2.21.